The molecule has 0 aromatic heterocycles. The Hall–Kier alpha value is -2.49. The predicted molar refractivity (Wildman–Crippen MR) is 110 cm³/mol. The summed E-state index contributed by atoms with van der Waals surface area (Å²) in [5, 5.41) is 20.7. The Morgan fingerprint density at radius 2 is 1.96 bits per heavy atom. The minimum atomic E-state index is -1.12. The monoisotopic (exact) mass is 370 g/mol. The van der Waals surface area contributed by atoms with Crippen LogP contribution in [-0.4, -0.2) is 21.8 Å². The number of aryl methyl sites for hydroxylation is 1. The van der Waals surface area contributed by atoms with E-state index in [9.17, 15) is 15.0 Å². The van der Waals surface area contributed by atoms with Crippen molar-refractivity contribution in [3.8, 4) is 11.5 Å². The van der Waals surface area contributed by atoms with E-state index in [1.54, 1.807) is 12.1 Å². The van der Waals surface area contributed by atoms with Crippen molar-refractivity contribution >= 4 is 11.5 Å². The highest BCUT2D eigenvalue weighted by atomic mass is 16.5. The quantitative estimate of drug-likeness (QED) is 0.586. The number of carbonyl (C=O) groups is 1. The van der Waals surface area contributed by atoms with Gasteiger partial charge in [0.05, 0.1) is 5.56 Å². The molecule has 4 heteroatoms. The Kier molecular flexibility index (Phi) is 6.19. The standard InChI is InChI=1S/C23H30O4/c1-7-9-10-11-15-13-18-20(21(24)19(15)22(25)26)16(12-14(3)4)17(8-2)23(5,6)27-18/h8,12-13,24H,2,7,9-11H2,1,3-6H3,(H,25,26). The molecule has 1 aromatic carbocycles. The molecular weight excluding hydrogens is 340 g/mol. The predicted octanol–water partition coefficient (Wildman–Crippen LogP) is 5.90. The molecule has 1 aliphatic rings. The third kappa shape index (κ3) is 4.10. The number of carboxylic acids is 1. The van der Waals surface area contributed by atoms with E-state index in [1.807, 2.05) is 33.8 Å². The Balaban J connectivity index is 2.80. The van der Waals surface area contributed by atoms with Crippen molar-refractivity contribution < 1.29 is 19.7 Å². The molecule has 0 amide bonds. The van der Waals surface area contributed by atoms with Crippen LogP contribution in [0, 0.1) is 0 Å². The normalized spacial score (nSPS) is 15.0. The van der Waals surface area contributed by atoms with Crippen LogP contribution in [0.3, 0.4) is 0 Å². The molecule has 0 atom stereocenters. The van der Waals surface area contributed by atoms with Crippen LogP contribution >= 0.6 is 0 Å². The maximum absolute atomic E-state index is 11.9. The van der Waals surface area contributed by atoms with Gasteiger partial charge in [0, 0.05) is 5.57 Å². The molecule has 0 unspecified atom stereocenters. The summed E-state index contributed by atoms with van der Waals surface area (Å²) in [6.45, 7) is 13.8. The molecule has 0 bridgehead atoms. The highest BCUT2D eigenvalue weighted by molar-refractivity contribution is 5.98. The van der Waals surface area contributed by atoms with Crippen LogP contribution in [0.2, 0.25) is 0 Å². The van der Waals surface area contributed by atoms with Crippen molar-refractivity contribution in [1.29, 1.82) is 0 Å². The van der Waals surface area contributed by atoms with Gasteiger partial charge in [-0.1, -0.05) is 44.1 Å². The third-order valence-electron chi connectivity index (χ3n) is 4.82. The topological polar surface area (TPSA) is 66.8 Å². The average molecular weight is 370 g/mol. The van der Waals surface area contributed by atoms with Gasteiger partial charge in [0.15, 0.2) is 0 Å². The lowest BCUT2D eigenvalue weighted by Crippen LogP contribution is -2.34. The fraction of sp³-hybridized carbons (Fsp3) is 0.435. The van der Waals surface area contributed by atoms with Gasteiger partial charge in [0.25, 0.3) is 0 Å². The van der Waals surface area contributed by atoms with Crippen molar-refractivity contribution in [2.75, 3.05) is 0 Å². The van der Waals surface area contributed by atoms with E-state index in [4.69, 9.17) is 4.74 Å². The van der Waals surface area contributed by atoms with Gasteiger partial charge in [0.1, 0.15) is 22.7 Å². The summed E-state index contributed by atoms with van der Waals surface area (Å²) < 4.78 is 6.19. The Morgan fingerprint density at radius 1 is 1.30 bits per heavy atom. The van der Waals surface area contributed by atoms with E-state index in [0.29, 0.717) is 23.3 Å². The molecule has 2 rings (SSSR count). The van der Waals surface area contributed by atoms with E-state index in [0.717, 1.165) is 36.0 Å². The number of aromatic hydroxyl groups is 1. The fourth-order valence-corrected chi connectivity index (χ4v) is 3.62. The summed E-state index contributed by atoms with van der Waals surface area (Å²) >= 11 is 0. The summed E-state index contributed by atoms with van der Waals surface area (Å²) in [5.41, 5.74) is 3.00. The number of allylic oxidation sites excluding steroid dienone is 3. The lowest BCUT2D eigenvalue weighted by molar-refractivity contribution is 0.0692. The maximum Gasteiger partial charge on any atom is 0.339 e. The molecule has 0 fully saturated rings. The summed E-state index contributed by atoms with van der Waals surface area (Å²) in [6.07, 6.45) is 7.17. The lowest BCUT2D eigenvalue weighted by Gasteiger charge is -2.36. The van der Waals surface area contributed by atoms with Crippen LogP contribution in [0.1, 0.15) is 75.4 Å². The van der Waals surface area contributed by atoms with Crippen molar-refractivity contribution in [3.63, 3.8) is 0 Å². The summed E-state index contributed by atoms with van der Waals surface area (Å²) in [5.74, 6) is -0.829. The van der Waals surface area contributed by atoms with Gasteiger partial charge in [-0.25, -0.2) is 4.79 Å². The number of ether oxygens (including phenoxy) is 1. The zero-order valence-electron chi connectivity index (χ0n) is 17.0. The van der Waals surface area contributed by atoms with Crippen molar-refractivity contribution in [1.82, 2.24) is 0 Å². The van der Waals surface area contributed by atoms with Crippen LogP contribution in [0.25, 0.3) is 5.57 Å². The van der Waals surface area contributed by atoms with E-state index >= 15 is 0 Å². The zero-order chi connectivity index (χ0) is 20.4. The second-order valence-electron chi connectivity index (χ2n) is 7.76. The van der Waals surface area contributed by atoms with Gasteiger partial charge in [-0.05, 0) is 57.7 Å². The maximum atomic E-state index is 11.9. The largest absolute Gasteiger partial charge is 0.506 e. The van der Waals surface area contributed by atoms with E-state index in [-0.39, 0.29) is 11.3 Å². The van der Waals surface area contributed by atoms with Gasteiger partial charge in [-0.2, -0.15) is 0 Å². The second kappa shape index (κ2) is 8.03. The SMILES string of the molecule is C=CC1=C(C=C(C)C)c2c(cc(CCCCC)c(C(=O)O)c2O)OC1(C)C. The van der Waals surface area contributed by atoms with Gasteiger partial charge in [0.2, 0.25) is 0 Å². The highest BCUT2D eigenvalue weighted by Crippen LogP contribution is 2.48. The third-order valence-corrected chi connectivity index (χ3v) is 4.82. The number of hydrogen-bond donors (Lipinski definition) is 2. The lowest BCUT2D eigenvalue weighted by atomic mass is 9.83. The van der Waals surface area contributed by atoms with E-state index < -0.39 is 11.6 Å². The van der Waals surface area contributed by atoms with Gasteiger partial charge < -0.3 is 14.9 Å². The molecule has 1 heterocycles. The molecule has 0 spiro atoms. The number of fused-ring (bicyclic) bond motifs is 1. The van der Waals surface area contributed by atoms with Gasteiger partial charge >= 0.3 is 5.97 Å². The number of phenols is 1. The smallest absolute Gasteiger partial charge is 0.339 e. The van der Waals surface area contributed by atoms with Gasteiger partial charge in [-0.3, -0.25) is 0 Å². The minimum Gasteiger partial charge on any atom is -0.506 e. The minimum absolute atomic E-state index is 0.0313. The Bertz CT molecular complexity index is 821. The molecule has 1 aliphatic heterocycles. The van der Waals surface area contributed by atoms with Crippen LogP contribution in [0.4, 0.5) is 0 Å². The zero-order valence-corrected chi connectivity index (χ0v) is 17.0. The highest BCUT2D eigenvalue weighted by Gasteiger charge is 2.36. The molecule has 27 heavy (non-hydrogen) atoms. The number of aromatic carboxylic acids is 1. The van der Waals surface area contributed by atoms with Crippen molar-refractivity contribution in [2.24, 2.45) is 0 Å². The van der Waals surface area contributed by atoms with Crippen molar-refractivity contribution in [2.45, 2.75) is 65.9 Å². The Morgan fingerprint density at radius 3 is 2.48 bits per heavy atom. The summed E-state index contributed by atoms with van der Waals surface area (Å²) in [4.78, 5) is 11.9. The molecule has 4 nitrogen and oxygen atoms in total. The second-order valence-corrected chi connectivity index (χ2v) is 7.76. The number of unbranched alkanes of at least 4 members (excludes halogenated alkanes) is 2. The number of benzene rings is 1. The number of hydrogen-bond acceptors (Lipinski definition) is 3. The number of rotatable bonds is 7. The fourth-order valence-electron chi connectivity index (χ4n) is 3.62. The first-order chi connectivity index (χ1) is 12.6. The molecule has 0 radical (unpaired) electrons. The summed E-state index contributed by atoms with van der Waals surface area (Å²) in [6, 6.07) is 1.79. The Labute approximate surface area is 161 Å². The van der Waals surface area contributed by atoms with Crippen LogP contribution < -0.4 is 4.74 Å². The first-order valence-corrected chi connectivity index (χ1v) is 9.47. The molecular formula is C23H30O4. The van der Waals surface area contributed by atoms with Crippen LogP contribution in [0.15, 0.2) is 35.9 Å². The van der Waals surface area contributed by atoms with E-state index in [2.05, 4.69) is 13.5 Å². The van der Waals surface area contributed by atoms with Crippen LogP contribution in [0.5, 0.6) is 11.5 Å². The first kappa shape index (κ1) is 20.8. The van der Waals surface area contributed by atoms with Gasteiger partial charge in [-0.15, -0.1) is 0 Å². The summed E-state index contributed by atoms with van der Waals surface area (Å²) in [7, 11) is 0. The molecule has 1 aromatic rings. The molecule has 2 N–H and O–H groups in total. The number of carboxylic acid groups (broad SMARTS) is 1. The first-order valence-electron chi connectivity index (χ1n) is 9.47. The molecule has 0 saturated carbocycles. The molecule has 0 aliphatic carbocycles. The molecule has 146 valence electrons. The van der Waals surface area contributed by atoms with Crippen molar-refractivity contribution in [3.05, 3.63) is 52.6 Å². The van der Waals surface area contributed by atoms with Crippen LogP contribution in [-0.2, 0) is 6.42 Å². The van der Waals surface area contributed by atoms with E-state index in [1.165, 1.54) is 0 Å². The molecule has 0 saturated heterocycles. The average Bonchev–Trinajstić information content (AvgIpc) is 2.53.